The van der Waals surface area contributed by atoms with Crippen LogP contribution in [-0.2, 0) is 14.8 Å². The second-order valence-electron chi connectivity index (χ2n) is 7.96. The fourth-order valence-corrected chi connectivity index (χ4v) is 5.70. The first kappa shape index (κ1) is 24.0. The predicted molar refractivity (Wildman–Crippen MR) is 129 cm³/mol. The van der Waals surface area contributed by atoms with Crippen LogP contribution in [0.3, 0.4) is 0 Å². The molecule has 1 saturated heterocycles. The van der Waals surface area contributed by atoms with Crippen LogP contribution in [0.15, 0.2) is 77.7 Å². The molecule has 0 aromatic heterocycles. The molecule has 1 aliphatic rings. The molecule has 3 aromatic carbocycles. The standard InChI is InChI=1S/C25H24ClFN2O4S/c1-33-22-4-2-5-23(16-22)34(31,32)29(21-13-9-19(26)10-14-21)17-25(30)28-15-3-6-24(28)18-7-11-20(27)12-8-18/h2,4-5,7-14,16,24H,3,6,15,17H2,1H3. The van der Waals surface area contributed by atoms with Gasteiger partial charge in [0.15, 0.2) is 0 Å². The van der Waals surface area contributed by atoms with E-state index < -0.39 is 16.6 Å². The molecule has 0 spiro atoms. The molecule has 0 aliphatic carbocycles. The number of likely N-dealkylation sites (tertiary alicyclic amines) is 1. The zero-order valence-electron chi connectivity index (χ0n) is 18.5. The highest BCUT2D eigenvalue weighted by Gasteiger charge is 2.34. The van der Waals surface area contributed by atoms with Gasteiger partial charge < -0.3 is 9.64 Å². The van der Waals surface area contributed by atoms with E-state index in [2.05, 4.69) is 0 Å². The molecular weight excluding hydrogens is 479 g/mol. The highest BCUT2D eigenvalue weighted by molar-refractivity contribution is 7.92. The van der Waals surface area contributed by atoms with Crippen molar-refractivity contribution in [3.05, 3.63) is 89.2 Å². The third-order valence-electron chi connectivity index (χ3n) is 5.85. The maximum Gasteiger partial charge on any atom is 0.264 e. The summed E-state index contributed by atoms with van der Waals surface area (Å²) in [7, 11) is -2.65. The van der Waals surface area contributed by atoms with Crippen molar-refractivity contribution >= 4 is 33.2 Å². The lowest BCUT2D eigenvalue weighted by Gasteiger charge is -2.30. The molecule has 6 nitrogen and oxygen atoms in total. The van der Waals surface area contributed by atoms with Crippen molar-refractivity contribution in [2.24, 2.45) is 0 Å². The first-order chi connectivity index (χ1) is 16.3. The van der Waals surface area contributed by atoms with Gasteiger partial charge in [-0.15, -0.1) is 0 Å². The Morgan fingerprint density at radius 1 is 1.12 bits per heavy atom. The lowest BCUT2D eigenvalue weighted by atomic mass is 10.0. The molecule has 1 aliphatic heterocycles. The number of halogens is 2. The van der Waals surface area contributed by atoms with Crippen LogP contribution in [0.4, 0.5) is 10.1 Å². The largest absolute Gasteiger partial charge is 0.497 e. The predicted octanol–water partition coefficient (Wildman–Crippen LogP) is 5.05. The molecule has 9 heteroatoms. The molecule has 0 saturated carbocycles. The summed E-state index contributed by atoms with van der Waals surface area (Å²) in [6.45, 7) is 0.105. The van der Waals surface area contributed by atoms with Gasteiger partial charge in [0, 0.05) is 17.6 Å². The lowest BCUT2D eigenvalue weighted by molar-refractivity contribution is -0.130. The van der Waals surface area contributed by atoms with Crippen molar-refractivity contribution in [1.29, 1.82) is 0 Å². The zero-order chi connectivity index (χ0) is 24.3. The summed E-state index contributed by atoms with van der Waals surface area (Å²) in [5, 5.41) is 0.449. The number of ether oxygens (including phenoxy) is 1. The first-order valence-electron chi connectivity index (χ1n) is 10.8. The molecule has 34 heavy (non-hydrogen) atoms. The van der Waals surface area contributed by atoms with Crippen LogP contribution in [0.2, 0.25) is 5.02 Å². The Labute approximate surface area is 203 Å². The molecule has 3 aromatic rings. The molecule has 1 atom stereocenters. The average molecular weight is 503 g/mol. The second kappa shape index (κ2) is 10.0. The smallest absolute Gasteiger partial charge is 0.264 e. The van der Waals surface area contributed by atoms with Gasteiger partial charge >= 0.3 is 0 Å². The quantitative estimate of drug-likeness (QED) is 0.453. The van der Waals surface area contributed by atoms with Crippen molar-refractivity contribution in [1.82, 2.24) is 4.90 Å². The summed E-state index contributed by atoms with van der Waals surface area (Å²) >= 11 is 6.01. The topological polar surface area (TPSA) is 66.9 Å². The van der Waals surface area contributed by atoms with Crippen molar-refractivity contribution in [3.63, 3.8) is 0 Å². The number of carbonyl (C=O) groups is 1. The van der Waals surface area contributed by atoms with E-state index in [1.165, 1.54) is 31.4 Å². The van der Waals surface area contributed by atoms with Crippen LogP contribution in [0.5, 0.6) is 5.75 Å². The number of anilines is 1. The monoisotopic (exact) mass is 502 g/mol. The zero-order valence-corrected chi connectivity index (χ0v) is 20.1. The fourth-order valence-electron chi connectivity index (χ4n) is 4.12. The van der Waals surface area contributed by atoms with Gasteiger partial charge in [0.1, 0.15) is 18.1 Å². The Kier molecular flexibility index (Phi) is 7.09. The summed E-state index contributed by atoms with van der Waals surface area (Å²) in [6.07, 6.45) is 1.50. The van der Waals surface area contributed by atoms with Gasteiger partial charge in [0.05, 0.1) is 23.7 Å². The van der Waals surface area contributed by atoms with Crippen LogP contribution in [0.1, 0.15) is 24.4 Å². The van der Waals surface area contributed by atoms with E-state index >= 15 is 0 Å². The number of sulfonamides is 1. The third kappa shape index (κ3) is 5.03. The first-order valence-corrected chi connectivity index (χ1v) is 12.6. The van der Waals surface area contributed by atoms with Gasteiger partial charge in [0.25, 0.3) is 10.0 Å². The minimum atomic E-state index is -4.10. The minimum absolute atomic E-state index is 0.00565. The van der Waals surface area contributed by atoms with Gasteiger partial charge in [-0.05, 0) is 66.9 Å². The van der Waals surface area contributed by atoms with E-state index in [1.54, 1.807) is 53.4 Å². The highest BCUT2D eigenvalue weighted by atomic mass is 35.5. The summed E-state index contributed by atoms with van der Waals surface area (Å²) in [5.41, 5.74) is 1.14. The number of nitrogens with zero attached hydrogens (tertiary/aromatic N) is 2. The lowest BCUT2D eigenvalue weighted by Crippen LogP contribution is -2.42. The van der Waals surface area contributed by atoms with Gasteiger partial charge in [-0.25, -0.2) is 12.8 Å². The number of carbonyl (C=O) groups excluding carboxylic acids is 1. The van der Waals surface area contributed by atoms with Gasteiger partial charge in [-0.1, -0.05) is 29.8 Å². The molecule has 1 amide bonds. The number of hydrogen-bond donors (Lipinski definition) is 0. The van der Waals surface area contributed by atoms with Crippen molar-refractivity contribution < 1.29 is 22.3 Å². The van der Waals surface area contributed by atoms with Crippen LogP contribution >= 0.6 is 11.6 Å². The maximum absolute atomic E-state index is 13.7. The summed E-state index contributed by atoms with van der Waals surface area (Å²) in [4.78, 5) is 15.1. The molecule has 0 N–H and O–H groups in total. The Morgan fingerprint density at radius 3 is 2.50 bits per heavy atom. The van der Waals surface area contributed by atoms with Gasteiger partial charge in [-0.3, -0.25) is 9.10 Å². The summed E-state index contributed by atoms with van der Waals surface area (Å²) in [5.74, 6) is -0.300. The SMILES string of the molecule is COc1cccc(S(=O)(=O)N(CC(=O)N2CCCC2c2ccc(F)cc2)c2ccc(Cl)cc2)c1. The number of amides is 1. The minimum Gasteiger partial charge on any atom is -0.497 e. The van der Waals surface area contributed by atoms with Crippen molar-refractivity contribution in [2.75, 3.05) is 24.5 Å². The Morgan fingerprint density at radius 2 is 1.82 bits per heavy atom. The van der Waals surface area contributed by atoms with E-state index in [0.29, 0.717) is 23.0 Å². The molecule has 1 heterocycles. The van der Waals surface area contributed by atoms with Gasteiger partial charge in [0.2, 0.25) is 5.91 Å². The normalized spacial score (nSPS) is 15.9. The number of methoxy groups -OCH3 is 1. The second-order valence-corrected chi connectivity index (χ2v) is 10.3. The fraction of sp³-hybridized carbons (Fsp3) is 0.240. The van der Waals surface area contributed by atoms with Gasteiger partial charge in [-0.2, -0.15) is 0 Å². The van der Waals surface area contributed by atoms with Crippen LogP contribution < -0.4 is 9.04 Å². The van der Waals surface area contributed by atoms with E-state index in [1.807, 2.05) is 0 Å². The number of rotatable bonds is 7. The van der Waals surface area contributed by atoms with Crippen LogP contribution in [-0.4, -0.2) is 39.4 Å². The van der Waals surface area contributed by atoms with Crippen LogP contribution in [0, 0.1) is 5.82 Å². The molecule has 1 unspecified atom stereocenters. The summed E-state index contributed by atoms with van der Waals surface area (Å²) in [6, 6.07) is 18.2. The van der Waals surface area contributed by atoms with Crippen molar-refractivity contribution in [3.8, 4) is 5.75 Å². The van der Waals surface area contributed by atoms with E-state index in [9.17, 15) is 17.6 Å². The van der Waals surface area contributed by atoms with E-state index in [0.717, 1.165) is 22.7 Å². The van der Waals surface area contributed by atoms with Crippen LogP contribution in [0.25, 0.3) is 0 Å². The molecule has 178 valence electrons. The highest BCUT2D eigenvalue weighted by Crippen LogP contribution is 2.33. The number of hydrogen-bond acceptors (Lipinski definition) is 4. The van der Waals surface area contributed by atoms with E-state index in [-0.39, 0.29) is 22.7 Å². The van der Waals surface area contributed by atoms with E-state index in [4.69, 9.17) is 16.3 Å². The average Bonchev–Trinajstić information content (AvgIpc) is 3.33. The number of benzene rings is 3. The molecule has 0 bridgehead atoms. The molecule has 1 fully saturated rings. The summed E-state index contributed by atoms with van der Waals surface area (Å²) < 4.78 is 47.0. The Balaban J connectivity index is 1.67. The molecule has 4 rings (SSSR count). The maximum atomic E-state index is 13.7. The Bertz CT molecular complexity index is 1270. The third-order valence-corrected chi connectivity index (χ3v) is 7.87. The van der Waals surface area contributed by atoms with Crippen molar-refractivity contribution in [2.45, 2.75) is 23.8 Å². The molecule has 0 radical (unpaired) electrons. The Hall–Kier alpha value is -3.10. The molecular formula is C25H24ClFN2O4S.